The summed E-state index contributed by atoms with van der Waals surface area (Å²) in [5.41, 5.74) is 4.37. The summed E-state index contributed by atoms with van der Waals surface area (Å²) in [6.07, 6.45) is 0.409. The second-order valence-corrected chi connectivity index (χ2v) is 5.49. The largest absolute Gasteiger partial charge is 0.326 e. The Morgan fingerprint density at radius 2 is 1.60 bits per heavy atom. The molecule has 0 unspecified atom stereocenters. The molecule has 0 heterocycles. The van der Waals surface area contributed by atoms with Crippen molar-refractivity contribution in [2.75, 3.05) is 5.32 Å². The number of carbonyl (C=O) groups is 1. The third-order valence-corrected chi connectivity index (χ3v) is 3.35. The van der Waals surface area contributed by atoms with E-state index in [1.807, 2.05) is 43.3 Å². The number of rotatable bonds is 4. The number of benzene rings is 2. The summed E-state index contributed by atoms with van der Waals surface area (Å²) in [4.78, 5) is 12.0. The fraction of sp³-hybridized carbons (Fsp3) is 0.278. The lowest BCUT2D eigenvalue weighted by Crippen LogP contribution is -2.14. The van der Waals surface area contributed by atoms with Crippen LogP contribution in [-0.2, 0) is 11.2 Å². The van der Waals surface area contributed by atoms with Gasteiger partial charge in [0, 0.05) is 5.69 Å². The molecule has 0 fully saturated rings. The molecular formula is C18H21NO. The Hall–Kier alpha value is -2.09. The lowest BCUT2D eigenvalue weighted by molar-refractivity contribution is -0.115. The minimum absolute atomic E-state index is 0.0196. The zero-order valence-corrected chi connectivity index (χ0v) is 12.3. The van der Waals surface area contributed by atoms with E-state index in [9.17, 15) is 4.79 Å². The second kappa shape index (κ2) is 6.38. The van der Waals surface area contributed by atoms with Crippen molar-refractivity contribution in [2.24, 2.45) is 0 Å². The Kier molecular flexibility index (Phi) is 4.57. The van der Waals surface area contributed by atoms with Gasteiger partial charge in [0.05, 0.1) is 6.42 Å². The smallest absolute Gasteiger partial charge is 0.228 e. The first kappa shape index (κ1) is 14.3. The Bertz CT molecular complexity index is 567. The van der Waals surface area contributed by atoms with Gasteiger partial charge in [-0.15, -0.1) is 0 Å². The van der Waals surface area contributed by atoms with Crippen LogP contribution in [0, 0.1) is 6.92 Å². The topological polar surface area (TPSA) is 29.1 Å². The fourth-order valence-corrected chi connectivity index (χ4v) is 2.05. The summed E-state index contributed by atoms with van der Waals surface area (Å²) >= 11 is 0. The van der Waals surface area contributed by atoms with E-state index in [-0.39, 0.29) is 5.91 Å². The first-order chi connectivity index (χ1) is 9.54. The van der Waals surface area contributed by atoms with Crippen LogP contribution >= 0.6 is 0 Å². The molecule has 0 atom stereocenters. The molecule has 0 aliphatic heterocycles. The van der Waals surface area contributed by atoms with Gasteiger partial charge in [0.25, 0.3) is 0 Å². The molecule has 2 aromatic rings. The van der Waals surface area contributed by atoms with Crippen LogP contribution in [0.1, 0.15) is 36.5 Å². The average molecular weight is 267 g/mol. The van der Waals surface area contributed by atoms with Gasteiger partial charge in [-0.2, -0.15) is 0 Å². The van der Waals surface area contributed by atoms with Crippen LogP contribution < -0.4 is 5.32 Å². The molecule has 0 saturated carbocycles. The van der Waals surface area contributed by atoms with Gasteiger partial charge in [0.2, 0.25) is 5.91 Å². The first-order valence-corrected chi connectivity index (χ1v) is 7.00. The molecule has 1 N–H and O–H groups in total. The van der Waals surface area contributed by atoms with Crippen molar-refractivity contribution in [1.82, 2.24) is 0 Å². The van der Waals surface area contributed by atoms with Crippen LogP contribution in [0.5, 0.6) is 0 Å². The summed E-state index contributed by atoms with van der Waals surface area (Å²) in [6.45, 7) is 6.36. The van der Waals surface area contributed by atoms with Crippen molar-refractivity contribution < 1.29 is 4.79 Å². The van der Waals surface area contributed by atoms with Gasteiger partial charge in [0.15, 0.2) is 0 Å². The van der Waals surface area contributed by atoms with Gasteiger partial charge in [-0.3, -0.25) is 4.79 Å². The highest BCUT2D eigenvalue weighted by atomic mass is 16.1. The van der Waals surface area contributed by atoms with E-state index in [4.69, 9.17) is 0 Å². The summed E-state index contributed by atoms with van der Waals surface area (Å²) in [5.74, 6) is 0.539. The maximum atomic E-state index is 12.0. The van der Waals surface area contributed by atoms with E-state index in [0.717, 1.165) is 11.3 Å². The highest BCUT2D eigenvalue weighted by Gasteiger charge is 2.05. The zero-order valence-electron chi connectivity index (χ0n) is 12.3. The molecule has 0 aliphatic rings. The molecule has 1 amide bonds. The number of carbonyl (C=O) groups excluding carboxylic acids is 1. The van der Waals surface area contributed by atoms with Crippen molar-refractivity contribution in [3.05, 3.63) is 65.2 Å². The number of hydrogen-bond donors (Lipinski definition) is 1. The van der Waals surface area contributed by atoms with Gasteiger partial charge in [-0.1, -0.05) is 55.8 Å². The summed E-state index contributed by atoms with van der Waals surface area (Å²) < 4.78 is 0. The number of nitrogens with one attached hydrogen (secondary N) is 1. The highest BCUT2D eigenvalue weighted by Crippen LogP contribution is 2.15. The van der Waals surface area contributed by atoms with E-state index in [1.54, 1.807) is 0 Å². The van der Waals surface area contributed by atoms with Crippen LogP contribution in [0.25, 0.3) is 0 Å². The second-order valence-electron chi connectivity index (χ2n) is 5.49. The third kappa shape index (κ3) is 3.95. The quantitative estimate of drug-likeness (QED) is 0.879. The van der Waals surface area contributed by atoms with Crippen LogP contribution in [0.2, 0.25) is 0 Å². The van der Waals surface area contributed by atoms with E-state index < -0.39 is 0 Å². The first-order valence-electron chi connectivity index (χ1n) is 7.00. The molecule has 0 radical (unpaired) electrons. The number of aryl methyl sites for hydroxylation is 1. The predicted octanol–water partition coefficient (Wildman–Crippen LogP) is 4.30. The van der Waals surface area contributed by atoms with Gasteiger partial charge in [0.1, 0.15) is 0 Å². The van der Waals surface area contributed by atoms with E-state index in [0.29, 0.717) is 12.3 Å². The third-order valence-electron chi connectivity index (χ3n) is 3.35. The molecule has 0 spiro atoms. The van der Waals surface area contributed by atoms with E-state index in [1.165, 1.54) is 11.1 Å². The molecule has 2 rings (SSSR count). The lowest BCUT2D eigenvalue weighted by atomic mass is 10.0. The van der Waals surface area contributed by atoms with Crippen molar-refractivity contribution >= 4 is 11.6 Å². The van der Waals surface area contributed by atoms with Crippen molar-refractivity contribution in [3.63, 3.8) is 0 Å². The van der Waals surface area contributed by atoms with Crippen molar-refractivity contribution in [3.8, 4) is 0 Å². The number of anilines is 1. The molecule has 0 aliphatic carbocycles. The Labute approximate surface area is 120 Å². The summed E-state index contributed by atoms with van der Waals surface area (Å²) in [5, 5.41) is 2.92. The minimum Gasteiger partial charge on any atom is -0.326 e. The van der Waals surface area contributed by atoms with E-state index in [2.05, 4.69) is 31.3 Å². The standard InChI is InChI=1S/C18H21NO/c1-13(2)16-8-6-15(7-9-16)12-18(20)19-17-10-4-14(3)5-11-17/h4-11,13H,12H2,1-3H3,(H,19,20). The molecule has 0 saturated heterocycles. The average Bonchev–Trinajstić information content (AvgIpc) is 2.42. The maximum absolute atomic E-state index is 12.0. The predicted molar refractivity (Wildman–Crippen MR) is 84.0 cm³/mol. The Morgan fingerprint density at radius 3 is 2.15 bits per heavy atom. The SMILES string of the molecule is Cc1ccc(NC(=O)Cc2ccc(C(C)C)cc2)cc1. The normalized spacial score (nSPS) is 10.6. The Morgan fingerprint density at radius 1 is 1.00 bits per heavy atom. The van der Waals surface area contributed by atoms with Gasteiger partial charge < -0.3 is 5.32 Å². The monoisotopic (exact) mass is 267 g/mol. The molecule has 0 bridgehead atoms. The van der Waals surface area contributed by atoms with Crippen molar-refractivity contribution in [1.29, 1.82) is 0 Å². The molecule has 2 aromatic carbocycles. The maximum Gasteiger partial charge on any atom is 0.228 e. The highest BCUT2D eigenvalue weighted by molar-refractivity contribution is 5.92. The van der Waals surface area contributed by atoms with Crippen LogP contribution in [0.3, 0.4) is 0 Å². The molecule has 2 nitrogen and oxygen atoms in total. The molecule has 104 valence electrons. The van der Waals surface area contributed by atoms with Gasteiger partial charge in [-0.05, 0) is 36.1 Å². The molecule has 0 aromatic heterocycles. The van der Waals surface area contributed by atoms with Crippen LogP contribution in [0.4, 0.5) is 5.69 Å². The van der Waals surface area contributed by atoms with Crippen LogP contribution in [0.15, 0.2) is 48.5 Å². The summed E-state index contributed by atoms with van der Waals surface area (Å²) in [6, 6.07) is 16.1. The molecule has 2 heteroatoms. The number of hydrogen-bond acceptors (Lipinski definition) is 1. The molecular weight excluding hydrogens is 246 g/mol. The van der Waals surface area contributed by atoms with Crippen molar-refractivity contribution in [2.45, 2.75) is 33.1 Å². The molecule has 20 heavy (non-hydrogen) atoms. The minimum atomic E-state index is 0.0196. The fourth-order valence-electron chi connectivity index (χ4n) is 2.05. The zero-order chi connectivity index (χ0) is 14.5. The number of amides is 1. The summed E-state index contributed by atoms with van der Waals surface area (Å²) in [7, 11) is 0. The van der Waals surface area contributed by atoms with Gasteiger partial charge >= 0.3 is 0 Å². The van der Waals surface area contributed by atoms with Gasteiger partial charge in [-0.25, -0.2) is 0 Å². The van der Waals surface area contributed by atoms with Crippen LogP contribution in [-0.4, -0.2) is 5.91 Å². The lowest BCUT2D eigenvalue weighted by Gasteiger charge is -2.08. The van der Waals surface area contributed by atoms with E-state index >= 15 is 0 Å². The Balaban J connectivity index is 1.95.